The zero-order chi connectivity index (χ0) is 18.4. The smallest absolute Gasteiger partial charge is 0.303 e. The average molecular weight is 342 g/mol. The third-order valence-corrected chi connectivity index (χ3v) is 3.66. The number of nitrogens with one attached hydrogen (secondary N) is 1. The molecule has 2 rings (SSSR count). The van der Waals surface area contributed by atoms with Crippen molar-refractivity contribution in [1.29, 1.82) is 0 Å². The molecule has 0 aliphatic heterocycles. The third-order valence-electron chi connectivity index (χ3n) is 3.66. The summed E-state index contributed by atoms with van der Waals surface area (Å²) >= 11 is 0. The predicted molar refractivity (Wildman–Crippen MR) is 91.2 cm³/mol. The number of ketones is 1. The SMILES string of the molecule is CN[C@@H](C(=O)c1ccccc1)[C@@H](OC(C)=O)c1cccc([N+](=O)[O-])c1. The Hall–Kier alpha value is -3.06. The summed E-state index contributed by atoms with van der Waals surface area (Å²) in [6, 6.07) is 13.4. The van der Waals surface area contributed by atoms with Crippen LogP contribution in [0.3, 0.4) is 0 Å². The van der Waals surface area contributed by atoms with Crippen LogP contribution >= 0.6 is 0 Å². The van der Waals surface area contributed by atoms with Gasteiger partial charge in [0.05, 0.1) is 4.92 Å². The van der Waals surface area contributed by atoms with Crippen molar-refractivity contribution < 1.29 is 19.2 Å². The molecule has 0 heterocycles. The van der Waals surface area contributed by atoms with E-state index in [1.807, 2.05) is 0 Å². The van der Waals surface area contributed by atoms with Crippen molar-refractivity contribution in [2.24, 2.45) is 0 Å². The van der Waals surface area contributed by atoms with E-state index in [9.17, 15) is 19.7 Å². The number of ether oxygens (including phenoxy) is 1. The molecule has 0 aromatic heterocycles. The van der Waals surface area contributed by atoms with Crippen molar-refractivity contribution in [3.05, 3.63) is 75.8 Å². The minimum Gasteiger partial charge on any atom is -0.455 e. The second kappa shape index (κ2) is 8.16. The summed E-state index contributed by atoms with van der Waals surface area (Å²) in [5.74, 6) is -0.863. The van der Waals surface area contributed by atoms with E-state index in [4.69, 9.17) is 4.74 Å². The first kappa shape index (κ1) is 18.3. The fraction of sp³-hybridized carbons (Fsp3) is 0.222. The first-order valence-electron chi connectivity index (χ1n) is 7.62. The Bertz CT molecular complexity index is 776. The molecule has 2 aromatic carbocycles. The molecule has 0 radical (unpaired) electrons. The highest BCUT2D eigenvalue weighted by molar-refractivity contribution is 6.00. The van der Waals surface area contributed by atoms with Gasteiger partial charge in [-0.15, -0.1) is 0 Å². The lowest BCUT2D eigenvalue weighted by Crippen LogP contribution is -2.41. The molecule has 0 saturated heterocycles. The molecule has 0 saturated carbocycles. The summed E-state index contributed by atoms with van der Waals surface area (Å²) in [5, 5.41) is 13.9. The van der Waals surface area contributed by atoms with Crippen molar-refractivity contribution >= 4 is 17.4 Å². The molecule has 0 unspecified atom stereocenters. The maximum absolute atomic E-state index is 12.8. The van der Waals surface area contributed by atoms with Gasteiger partial charge in [0, 0.05) is 30.2 Å². The molecular formula is C18H18N2O5. The highest BCUT2D eigenvalue weighted by atomic mass is 16.6. The number of likely N-dealkylation sites (N-methyl/N-ethyl adjacent to an activating group) is 1. The third kappa shape index (κ3) is 4.48. The zero-order valence-corrected chi connectivity index (χ0v) is 13.8. The number of esters is 1. The van der Waals surface area contributed by atoms with E-state index in [-0.39, 0.29) is 11.5 Å². The summed E-state index contributed by atoms with van der Waals surface area (Å²) in [4.78, 5) is 34.8. The second-order valence-electron chi connectivity index (χ2n) is 5.38. The lowest BCUT2D eigenvalue weighted by Gasteiger charge is -2.25. The van der Waals surface area contributed by atoms with E-state index in [0.717, 1.165) is 0 Å². The van der Waals surface area contributed by atoms with Crippen LogP contribution in [0.25, 0.3) is 0 Å². The van der Waals surface area contributed by atoms with Gasteiger partial charge >= 0.3 is 5.97 Å². The molecule has 7 nitrogen and oxygen atoms in total. The highest BCUT2D eigenvalue weighted by Crippen LogP contribution is 2.27. The van der Waals surface area contributed by atoms with Crippen LogP contribution in [-0.4, -0.2) is 29.8 Å². The molecule has 0 aliphatic rings. The van der Waals surface area contributed by atoms with Crippen molar-refractivity contribution in [3.63, 3.8) is 0 Å². The Morgan fingerprint density at radius 1 is 1.12 bits per heavy atom. The summed E-state index contributed by atoms with van der Waals surface area (Å²) in [6.07, 6.45) is -0.991. The van der Waals surface area contributed by atoms with E-state index >= 15 is 0 Å². The number of rotatable bonds is 7. The number of non-ortho nitro benzene ring substituents is 1. The number of nitrogens with zero attached hydrogens (tertiary/aromatic N) is 1. The number of carbonyl (C=O) groups is 2. The molecule has 0 bridgehead atoms. The van der Waals surface area contributed by atoms with Gasteiger partial charge in [-0.25, -0.2) is 0 Å². The largest absolute Gasteiger partial charge is 0.455 e. The predicted octanol–water partition coefficient (Wildman–Crippen LogP) is 2.67. The van der Waals surface area contributed by atoms with Crippen LogP contribution in [0.2, 0.25) is 0 Å². The van der Waals surface area contributed by atoms with Gasteiger partial charge in [0.25, 0.3) is 5.69 Å². The molecule has 2 atom stereocenters. The number of hydrogen-bond acceptors (Lipinski definition) is 6. The molecule has 0 amide bonds. The van der Waals surface area contributed by atoms with Gasteiger partial charge in [0.2, 0.25) is 0 Å². The number of carbonyl (C=O) groups excluding carboxylic acids is 2. The van der Waals surface area contributed by atoms with Crippen LogP contribution in [-0.2, 0) is 9.53 Å². The summed E-state index contributed by atoms with van der Waals surface area (Å²) in [7, 11) is 1.57. The van der Waals surface area contributed by atoms with Gasteiger partial charge < -0.3 is 10.1 Å². The molecular weight excluding hydrogens is 324 g/mol. The Morgan fingerprint density at radius 2 is 1.80 bits per heavy atom. The van der Waals surface area contributed by atoms with Crippen LogP contribution < -0.4 is 5.32 Å². The second-order valence-corrected chi connectivity index (χ2v) is 5.38. The molecule has 130 valence electrons. The maximum Gasteiger partial charge on any atom is 0.303 e. The van der Waals surface area contributed by atoms with Crippen molar-refractivity contribution in [3.8, 4) is 0 Å². The minimum absolute atomic E-state index is 0.142. The topological polar surface area (TPSA) is 98.5 Å². The quantitative estimate of drug-likeness (QED) is 0.359. The van der Waals surface area contributed by atoms with E-state index in [1.165, 1.54) is 25.1 Å². The monoisotopic (exact) mass is 342 g/mol. The van der Waals surface area contributed by atoms with Crippen molar-refractivity contribution in [2.75, 3.05) is 7.05 Å². The Kier molecular flexibility index (Phi) is 5.97. The molecule has 25 heavy (non-hydrogen) atoms. The average Bonchev–Trinajstić information content (AvgIpc) is 2.62. The van der Waals surface area contributed by atoms with Gasteiger partial charge in [-0.05, 0) is 7.05 Å². The molecule has 7 heteroatoms. The Morgan fingerprint density at radius 3 is 2.36 bits per heavy atom. The Labute approximate surface area is 144 Å². The normalized spacial score (nSPS) is 12.9. The maximum atomic E-state index is 12.8. The van der Waals surface area contributed by atoms with Crippen molar-refractivity contribution in [1.82, 2.24) is 5.32 Å². The molecule has 0 aliphatic carbocycles. The minimum atomic E-state index is -0.991. The Balaban J connectivity index is 2.44. The van der Waals surface area contributed by atoms with Crippen LogP contribution in [0, 0.1) is 10.1 Å². The van der Waals surface area contributed by atoms with Gasteiger partial charge in [0.1, 0.15) is 12.1 Å². The summed E-state index contributed by atoms with van der Waals surface area (Å²) < 4.78 is 5.32. The van der Waals surface area contributed by atoms with E-state index in [0.29, 0.717) is 11.1 Å². The summed E-state index contributed by atoms with van der Waals surface area (Å²) in [5.41, 5.74) is 0.675. The molecule has 1 N–H and O–H groups in total. The van der Waals surface area contributed by atoms with Gasteiger partial charge in [-0.2, -0.15) is 0 Å². The van der Waals surface area contributed by atoms with E-state index < -0.39 is 23.0 Å². The highest BCUT2D eigenvalue weighted by Gasteiger charge is 2.32. The van der Waals surface area contributed by atoms with E-state index in [2.05, 4.69) is 5.32 Å². The standard InChI is InChI=1S/C18H18N2O5/c1-12(21)25-18(14-9-6-10-15(11-14)20(23)24)16(19-2)17(22)13-7-4-3-5-8-13/h3-11,16,18-19H,1-2H3/t16-,18-/m0/s1. The zero-order valence-electron chi connectivity index (χ0n) is 13.8. The molecule has 0 fully saturated rings. The van der Waals surface area contributed by atoms with Crippen LogP contribution in [0.5, 0.6) is 0 Å². The lowest BCUT2D eigenvalue weighted by molar-refractivity contribution is -0.385. The van der Waals surface area contributed by atoms with Crippen LogP contribution in [0.1, 0.15) is 28.9 Å². The summed E-state index contributed by atoms with van der Waals surface area (Å²) in [6.45, 7) is 1.23. The molecule has 2 aromatic rings. The fourth-order valence-electron chi connectivity index (χ4n) is 2.52. The van der Waals surface area contributed by atoms with Crippen LogP contribution in [0.4, 0.5) is 5.69 Å². The number of hydrogen-bond donors (Lipinski definition) is 1. The van der Waals surface area contributed by atoms with Gasteiger partial charge in [-0.3, -0.25) is 19.7 Å². The number of Topliss-reactive ketones (excluding diaryl/α,β-unsaturated/α-hetero) is 1. The molecule has 0 spiro atoms. The number of nitro groups is 1. The fourth-order valence-corrected chi connectivity index (χ4v) is 2.52. The van der Waals surface area contributed by atoms with Gasteiger partial charge in [-0.1, -0.05) is 42.5 Å². The first-order valence-corrected chi connectivity index (χ1v) is 7.62. The first-order chi connectivity index (χ1) is 11.9. The van der Waals surface area contributed by atoms with Crippen molar-refractivity contribution in [2.45, 2.75) is 19.1 Å². The van der Waals surface area contributed by atoms with Crippen LogP contribution in [0.15, 0.2) is 54.6 Å². The van der Waals surface area contributed by atoms with E-state index in [1.54, 1.807) is 43.4 Å². The lowest BCUT2D eigenvalue weighted by atomic mass is 9.94. The van der Waals surface area contributed by atoms with Gasteiger partial charge in [0.15, 0.2) is 5.78 Å². The number of benzene rings is 2. The number of nitro benzene ring substituents is 1.